The summed E-state index contributed by atoms with van der Waals surface area (Å²) in [5, 5.41) is 0. The Balaban J connectivity index is 1.79. The summed E-state index contributed by atoms with van der Waals surface area (Å²) in [6, 6.07) is -0.00361. The number of ketones is 1. The van der Waals surface area contributed by atoms with E-state index in [4.69, 9.17) is 0 Å². The highest BCUT2D eigenvalue weighted by atomic mass is 16.2. The maximum Gasteiger partial charge on any atom is 0.232 e. The van der Waals surface area contributed by atoms with Crippen LogP contribution in [0.5, 0.6) is 0 Å². The molecule has 0 radical (unpaired) electrons. The third-order valence-electron chi connectivity index (χ3n) is 4.48. The molecule has 0 aromatic carbocycles. The van der Waals surface area contributed by atoms with E-state index in [9.17, 15) is 14.4 Å². The molecular formula is C13H17NO3. The van der Waals surface area contributed by atoms with E-state index >= 15 is 0 Å². The monoisotopic (exact) mass is 235 g/mol. The van der Waals surface area contributed by atoms with Gasteiger partial charge in [-0.05, 0) is 32.1 Å². The molecule has 0 N–H and O–H groups in total. The second-order valence-corrected chi connectivity index (χ2v) is 5.52. The van der Waals surface area contributed by atoms with E-state index in [2.05, 4.69) is 0 Å². The van der Waals surface area contributed by atoms with Gasteiger partial charge in [0.15, 0.2) is 0 Å². The average Bonchev–Trinajstić information content (AvgIpc) is 2.76. The predicted molar refractivity (Wildman–Crippen MR) is 59.9 cm³/mol. The lowest BCUT2D eigenvalue weighted by atomic mass is 9.89. The molecule has 2 atom stereocenters. The van der Waals surface area contributed by atoms with Gasteiger partial charge in [-0.2, -0.15) is 0 Å². The topological polar surface area (TPSA) is 54.5 Å². The van der Waals surface area contributed by atoms with Gasteiger partial charge < -0.3 is 0 Å². The molecule has 2 amide bonds. The van der Waals surface area contributed by atoms with Gasteiger partial charge in [0.2, 0.25) is 11.8 Å². The summed E-state index contributed by atoms with van der Waals surface area (Å²) in [5.74, 6) is 0.484. The van der Waals surface area contributed by atoms with E-state index in [1.54, 1.807) is 0 Å². The van der Waals surface area contributed by atoms with E-state index < -0.39 is 0 Å². The van der Waals surface area contributed by atoms with Crippen molar-refractivity contribution in [3.8, 4) is 0 Å². The molecule has 2 bridgehead atoms. The van der Waals surface area contributed by atoms with Gasteiger partial charge in [0.1, 0.15) is 5.78 Å². The summed E-state index contributed by atoms with van der Waals surface area (Å²) in [4.78, 5) is 37.1. The van der Waals surface area contributed by atoms with Crippen LogP contribution in [0.25, 0.3) is 0 Å². The molecular weight excluding hydrogens is 218 g/mol. The van der Waals surface area contributed by atoms with Gasteiger partial charge in [0.25, 0.3) is 0 Å². The van der Waals surface area contributed by atoms with Crippen molar-refractivity contribution < 1.29 is 14.4 Å². The lowest BCUT2D eigenvalue weighted by molar-refractivity contribution is -0.157. The minimum Gasteiger partial charge on any atom is -0.300 e. The molecule has 3 fully saturated rings. The molecule has 1 saturated heterocycles. The number of Topliss-reactive ketones (excluding diaryl/α,β-unsaturated/α-hetero) is 1. The molecule has 17 heavy (non-hydrogen) atoms. The first-order chi connectivity index (χ1) is 8.16. The highest BCUT2D eigenvalue weighted by molar-refractivity contribution is 6.01. The lowest BCUT2D eigenvalue weighted by Gasteiger charge is -2.37. The van der Waals surface area contributed by atoms with Crippen LogP contribution in [-0.2, 0) is 14.4 Å². The first kappa shape index (κ1) is 10.9. The number of hydrogen-bond acceptors (Lipinski definition) is 3. The Labute approximate surface area is 100 Å². The van der Waals surface area contributed by atoms with Gasteiger partial charge in [-0.3, -0.25) is 19.3 Å². The van der Waals surface area contributed by atoms with Crippen LogP contribution >= 0.6 is 0 Å². The zero-order chi connectivity index (χ0) is 12.0. The normalized spacial score (nSPS) is 34.6. The van der Waals surface area contributed by atoms with Crippen LogP contribution in [0, 0.1) is 11.8 Å². The Morgan fingerprint density at radius 2 is 1.35 bits per heavy atom. The van der Waals surface area contributed by atoms with Gasteiger partial charge >= 0.3 is 0 Å². The van der Waals surface area contributed by atoms with Gasteiger partial charge in [-0.25, -0.2) is 0 Å². The number of likely N-dealkylation sites (tertiary alicyclic amines) is 1. The number of fused-ring (bicyclic) bond motifs is 2. The first-order valence-electron chi connectivity index (χ1n) is 6.55. The smallest absolute Gasteiger partial charge is 0.232 e. The molecule has 4 heteroatoms. The third-order valence-corrected chi connectivity index (χ3v) is 4.48. The van der Waals surface area contributed by atoms with Gasteiger partial charge in [-0.1, -0.05) is 0 Å². The molecule has 3 rings (SSSR count). The average molecular weight is 235 g/mol. The second-order valence-electron chi connectivity index (χ2n) is 5.52. The summed E-state index contributed by atoms with van der Waals surface area (Å²) in [6.45, 7) is 0. The molecule has 1 aliphatic heterocycles. The molecule has 1 heterocycles. The quantitative estimate of drug-likeness (QED) is 0.643. The summed E-state index contributed by atoms with van der Waals surface area (Å²) in [6.07, 6.45) is 4.91. The maximum atomic E-state index is 12.2. The fourth-order valence-corrected chi connectivity index (χ4v) is 3.47. The van der Waals surface area contributed by atoms with Crippen LogP contribution < -0.4 is 0 Å². The van der Waals surface area contributed by atoms with Crippen LogP contribution in [0.3, 0.4) is 0 Å². The molecule has 2 aliphatic carbocycles. The van der Waals surface area contributed by atoms with Crippen molar-refractivity contribution in [2.75, 3.05) is 0 Å². The van der Waals surface area contributed by atoms with Crippen molar-refractivity contribution >= 4 is 17.6 Å². The van der Waals surface area contributed by atoms with Gasteiger partial charge in [0.05, 0.1) is 0 Å². The van der Waals surface area contributed by atoms with Crippen LogP contribution in [0.2, 0.25) is 0 Å². The van der Waals surface area contributed by atoms with Gasteiger partial charge in [0, 0.05) is 30.7 Å². The Morgan fingerprint density at radius 1 is 0.824 bits per heavy atom. The van der Waals surface area contributed by atoms with Crippen molar-refractivity contribution in [2.45, 2.75) is 51.0 Å². The molecule has 2 saturated carbocycles. The summed E-state index contributed by atoms with van der Waals surface area (Å²) >= 11 is 0. The number of rotatable bonds is 1. The Bertz CT molecular complexity index is 358. The van der Waals surface area contributed by atoms with Crippen molar-refractivity contribution in [1.29, 1.82) is 0 Å². The summed E-state index contributed by atoms with van der Waals surface area (Å²) in [5.41, 5.74) is 0. The standard InChI is InChI=1S/C13H17NO3/c15-11-5-3-10(4-6-11)14-12(16)8-1-2-9(7-8)13(14)17/h8-10H,1-7H2. The van der Waals surface area contributed by atoms with Crippen LogP contribution in [-0.4, -0.2) is 28.5 Å². The third kappa shape index (κ3) is 1.70. The Kier molecular flexibility index (Phi) is 2.53. The SMILES string of the molecule is O=C1CCC(N2C(=O)C3CCC(C3)C2=O)CC1. The van der Waals surface area contributed by atoms with E-state index in [1.165, 1.54) is 4.90 Å². The van der Waals surface area contributed by atoms with Crippen LogP contribution in [0.4, 0.5) is 0 Å². The van der Waals surface area contributed by atoms with E-state index in [0.717, 1.165) is 19.3 Å². The number of piperidine rings is 1. The first-order valence-corrected chi connectivity index (χ1v) is 6.55. The highest BCUT2D eigenvalue weighted by Gasteiger charge is 2.47. The number of imide groups is 1. The minimum absolute atomic E-state index is 0.00361. The number of nitrogens with zero attached hydrogens (tertiary/aromatic N) is 1. The van der Waals surface area contributed by atoms with Crippen molar-refractivity contribution in [2.24, 2.45) is 11.8 Å². The summed E-state index contributed by atoms with van der Waals surface area (Å²) < 4.78 is 0. The van der Waals surface area contributed by atoms with E-state index in [-0.39, 0.29) is 35.5 Å². The molecule has 92 valence electrons. The van der Waals surface area contributed by atoms with Crippen LogP contribution in [0.15, 0.2) is 0 Å². The summed E-state index contributed by atoms with van der Waals surface area (Å²) in [7, 11) is 0. The molecule has 0 aromatic rings. The van der Waals surface area contributed by atoms with Crippen molar-refractivity contribution in [1.82, 2.24) is 4.90 Å². The zero-order valence-electron chi connectivity index (χ0n) is 9.85. The second kappa shape index (κ2) is 3.93. The fraction of sp³-hybridized carbons (Fsp3) is 0.769. The highest BCUT2D eigenvalue weighted by Crippen LogP contribution is 2.40. The van der Waals surface area contributed by atoms with Crippen molar-refractivity contribution in [3.05, 3.63) is 0 Å². The maximum absolute atomic E-state index is 12.2. The molecule has 4 nitrogen and oxygen atoms in total. The largest absolute Gasteiger partial charge is 0.300 e. The number of hydrogen-bond donors (Lipinski definition) is 0. The van der Waals surface area contributed by atoms with E-state index in [0.29, 0.717) is 25.7 Å². The van der Waals surface area contributed by atoms with Gasteiger partial charge in [-0.15, -0.1) is 0 Å². The zero-order valence-corrected chi connectivity index (χ0v) is 9.85. The number of carbonyl (C=O) groups is 3. The number of carbonyl (C=O) groups excluding carboxylic acids is 3. The molecule has 0 spiro atoms. The molecule has 2 unspecified atom stereocenters. The lowest BCUT2D eigenvalue weighted by Crippen LogP contribution is -2.52. The van der Waals surface area contributed by atoms with Crippen LogP contribution in [0.1, 0.15) is 44.9 Å². The van der Waals surface area contributed by atoms with E-state index in [1.807, 2.05) is 0 Å². The van der Waals surface area contributed by atoms with Crippen molar-refractivity contribution in [3.63, 3.8) is 0 Å². The molecule has 3 aliphatic rings. The molecule has 0 aromatic heterocycles. The fourth-order valence-electron chi connectivity index (χ4n) is 3.47. The Morgan fingerprint density at radius 3 is 1.88 bits per heavy atom. The minimum atomic E-state index is -0.00361. The number of amides is 2. The Hall–Kier alpha value is -1.19. The predicted octanol–water partition coefficient (Wildman–Crippen LogP) is 1.28.